The smallest absolute Gasteiger partial charge is 0.332 e. The van der Waals surface area contributed by atoms with E-state index in [1.807, 2.05) is 6.07 Å². The third-order valence-corrected chi connectivity index (χ3v) is 5.46. The van der Waals surface area contributed by atoms with E-state index in [0.717, 1.165) is 17.5 Å². The molecule has 0 amide bonds. The number of rotatable bonds is 2. The summed E-state index contributed by atoms with van der Waals surface area (Å²) in [7, 11) is 3.10. The highest BCUT2D eigenvalue weighted by Gasteiger charge is 2.33. The molecule has 2 unspecified atom stereocenters. The van der Waals surface area contributed by atoms with Crippen molar-refractivity contribution in [1.29, 1.82) is 0 Å². The maximum atomic E-state index is 12.6. The van der Waals surface area contributed by atoms with Crippen molar-refractivity contribution in [2.45, 2.75) is 25.0 Å². The van der Waals surface area contributed by atoms with Crippen LogP contribution in [0.4, 0.5) is 5.69 Å². The van der Waals surface area contributed by atoms with E-state index in [4.69, 9.17) is 4.74 Å². The lowest BCUT2D eigenvalue weighted by Gasteiger charge is -2.15. The van der Waals surface area contributed by atoms with Crippen molar-refractivity contribution in [2.75, 3.05) is 11.9 Å². The van der Waals surface area contributed by atoms with Crippen molar-refractivity contribution in [3.05, 3.63) is 50.7 Å². The van der Waals surface area contributed by atoms with Crippen LogP contribution in [0.3, 0.4) is 0 Å². The molecule has 26 heavy (non-hydrogen) atoms. The molecular formula is C18H19N5O3. The van der Waals surface area contributed by atoms with E-state index in [2.05, 4.69) is 28.5 Å². The number of nitrogens with one attached hydrogen (secondary N) is 1. The number of aryl methyl sites for hydroxylation is 1. The summed E-state index contributed by atoms with van der Waals surface area (Å²) in [5, 5.41) is 3.43. The Hall–Kier alpha value is -3.03. The summed E-state index contributed by atoms with van der Waals surface area (Å²) in [6.07, 6.45) is 0.808. The van der Waals surface area contributed by atoms with Gasteiger partial charge in [0.05, 0.1) is 6.54 Å². The minimum Gasteiger partial charge on any atom is -0.459 e. The first kappa shape index (κ1) is 15.2. The number of imidazole rings is 1. The number of aromatic nitrogens is 4. The minimum absolute atomic E-state index is 0.0400. The summed E-state index contributed by atoms with van der Waals surface area (Å²) in [6, 6.07) is 8.74. The molecule has 5 rings (SSSR count). The second-order valence-corrected chi connectivity index (χ2v) is 7.02. The molecule has 0 bridgehead atoms. The third-order valence-electron chi connectivity index (χ3n) is 5.46. The van der Waals surface area contributed by atoms with Crippen LogP contribution in [-0.4, -0.2) is 31.3 Å². The Balaban J connectivity index is 1.48. The average molecular weight is 353 g/mol. The molecule has 0 fully saturated rings. The molecule has 2 aliphatic rings. The molecule has 0 radical (unpaired) electrons. The summed E-state index contributed by atoms with van der Waals surface area (Å²) in [4.78, 5) is 29.0. The molecule has 8 nitrogen and oxygen atoms in total. The third kappa shape index (κ3) is 1.98. The Kier molecular flexibility index (Phi) is 3.07. The van der Waals surface area contributed by atoms with Crippen LogP contribution in [0.2, 0.25) is 0 Å². The number of fused-ring (bicyclic) bond motifs is 4. The Bertz CT molecular complexity index is 1160. The maximum absolute atomic E-state index is 12.6. The molecule has 2 atom stereocenters. The van der Waals surface area contributed by atoms with E-state index >= 15 is 0 Å². The van der Waals surface area contributed by atoms with Crippen molar-refractivity contribution in [2.24, 2.45) is 14.1 Å². The molecule has 3 aromatic rings. The zero-order chi connectivity index (χ0) is 18.0. The number of hydrogen-bond donors (Lipinski definition) is 1. The van der Waals surface area contributed by atoms with E-state index in [-0.39, 0.29) is 17.4 Å². The molecule has 0 spiro atoms. The van der Waals surface area contributed by atoms with Gasteiger partial charge in [0.15, 0.2) is 11.2 Å². The van der Waals surface area contributed by atoms with E-state index in [1.54, 1.807) is 11.6 Å². The van der Waals surface area contributed by atoms with Gasteiger partial charge in [-0.1, -0.05) is 18.2 Å². The number of hydrogen-bond acceptors (Lipinski definition) is 5. The molecule has 8 heteroatoms. The fourth-order valence-electron chi connectivity index (χ4n) is 4.08. The van der Waals surface area contributed by atoms with Crippen molar-refractivity contribution < 1.29 is 4.74 Å². The van der Waals surface area contributed by atoms with Gasteiger partial charge in [0.2, 0.25) is 0 Å². The van der Waals surface area contributed by atoms with Gasteiger partial charge in [-0.3, -0.25) is 18.5 Å². The molecule has 134 valence electrons. The lowest BCUT2D eigenvalue weighted by molar-refractivity contribution is 0.205. The van der Waals surface area contributed by atoms with E-state index in [1.165, 1.54) is 22.9 Å². The van der Waals surface area contributed by atoms with Crippen LogP contribution in [0, 0.1) is 0 Å². The summed E-state index contributed by atoms with van der Waals surface area (Å²) in [5.74, 6) is 0.374. The average Bonchev–Trinajstić information content (AvgIpc) is 3.31. The first-order valence-electron chi connectivity index (χ1n) is 8.70. The Morgan fingerprint density at radius 2 is 2.04 bits per heavy atom. The van der Waals surface area contributed by atoms with E-state index in [0.29, 0.717) is 29.6 Å². The van der Waals surface area contributed by atoms with Gasteiger partial charge in [-0.25, -0.2) is 4.79 Å². The summed E-state index contributed by atoms with van der Waals surface area (Å²) in [5.41, 5.74) is 2.58. The minimum atomic E-state index is -0.385. The number of nitrogens with zero attached hydrogens (tertiary/aromatic N) is 4. The van der Waals surface area contributed by atoms with Crippen LogP contribution >= 0.6 is 0 Å². The Morgan fingerprint density at radius 1 is 1.23 bits per heavy atom. The summed E-state index contributed by atoms with van der Waals surface area (Å²) in [6.45, 7) is 1.45. The Morgan fingerprint density at radius 3 is 2.88 bits per heavy atom. The summed E-state index contributed by atoms with van der Waals surface area (Å²) < 4.78 is 10.3. The predicted octanol–water partition coefficient (Wildman–Crippen LogP) is 0.794. The lowest BCUT2D eigenvalue weighted by Crippen LogP contribution is -2.37. The fourth-order valence-corrected chi connectivity index (χ4v) is 4.08. The maximum Gasteiger partial charge on any atom is 0.332 e. The van der Waals surface area contributed by atoms with Crippen LogP contribution in [0.1, 0.15) is 17.9 Å². The number of ether oxygens (including phenoxy) is 1. The van der Waals surface area contributed by atoms with Crippen LogP contribution in [0.25, 0.3) is 11.2 Å². The molecule has 0 saturated carbocycles. The second-order valence-electron chi connectivity index (χ2n) is 7.02. The van der Waals surface area contributed by atoms with Gasteiger partial charge in [-0.15, -0.1) is 0 Å². The predicted molar refractivity (Wildman–Crippen MR) is 96.9 cm³/mol. The molecule has 0 aliphatic carbocycles. The number of anilines is 1. The van der Waals surface area contributed by atoms with Gasteiger partial charge in [-0.2, -0.15) is 4.98 Å². The van der Waals surface area contributed by atoms with Crippen LogP contribution < -0.4 is 21.3 Å². The van der Waals surface area contributed by atoms with Gasteiger partial charge in [0, 0.05) is 32.2 Å². The summed E-state index contributed by atoms with van der Waals surface area (Å²) >= 11 is 0. The highest BCUT2D eigenvalue weighted by atomic mass is 16.5. The topological polar surface area (TPSA) is 83.1 Å². The molecular weight excluding hydrogens is 334 g/mol. The number of benzene rings is 1. The first-order chi connectivity index (χ1) is 12.5. The Labute approximate surface area is 148 Å². The molecule has 1 aromatic carbocycles. The van der Waals surface area contributed by atoms with Gasteiger partial charge in [0.25, 0.3) is 11.6 Å². The van der Waals surface area contributed by atoms with Crippen molar-refractivity contribution >= 4 is 16.9 Å². The van der Waals surface area contributed by atoms with Gasteiger partial charge >= 0.3 is 5.69 Å². The first-order valence-corrected chi connectivity index (χ1v) is 8.70. The quantitative estimate of drug-likeness (QED) is 0.737. The van der Waals surface area contributed by atoms with Gasteiger partial charge < -0.3 is 10.1 Å². The number of para-hydroxylation sites is 1. The standard InChI is InChI=1S/C18H19N5O3/c1-21-15-14(16(24)22(2)18(21)25)23-9-11(26-17(23)20-15)7-10-8-19-13-6-4-3-5-12(10)13/h3-6,10-11,19H,7-9H2,1-2H3. The molecule has 2 aliphatic heterocycles. The molecule has 0 saturated heterocycles. The molecule has 1 N–H and O–H groups in total. The van der Waals surface area contributed by atoms with Crippen molar-refractivity contribution in [3.63, 3.8) is 0 Å². The highest BCUT2D eigenvalue weighted by molar-refractivity contribution is 5.72. The lowest BCUT2D eigenvalue weighted by atomic mass is 9.95. The zero-order valence-corrected chi connectivity index (χ0v) is 14.6. The van der Waals surface area contributed by atoms with Crippen LogP contribution in [-0.2, 0) is 20.6 Å². The zero-order valence-electron chi connectivity index (χ0n) is 14.6. The van der Waals surface area contributed by atoms with Crippen LogP contribution in [0.5, 0.6) is 6.01 Å². The van der Waals surface area contributed by atoms with Crippen LogP contribution in [0.15, 0.2) is 33.9 Å². The van der Waals surface area contributed by atoms with Crippen molar-refractivity contribution in [3.8, 4) is 6.01 Å². The van der Waals surface area contributed by atoms with E-state index < -0.39 is 0 Å². The SMILES string of the molecule is Cn1c(=O)c2c(nc3n2CC(CC2CNc4ccccc42)O3)n(C)c1=O. The van der Waals surface area contributed by atoms with Gasteiger partial charge in [-0.05, 0) is 18.1 Å². The largest absolute Gasteiger partial charge is 0.459 e. The second kappa shape index (κ2) is 5.23. The molecule has 4 heterocycles. The van der Waals surface area contributed by atoms with Gasteiger partial charge in [0.1, 0.15) is 6.10 Å². The van der Waals surface area contributed by atoms with Crippen molar-refractivity contribution in [1.82, 2.24) is 18.7 Å². The monoisotopic (exact) mass is 353 g/mol. The molecule has 2 aromatic heterocycles. The normalized spacial score (nSPS) is 20.7. The fraction of sp³-hybridized carbons (Fsp3) is 0.389. The van der Waals surface area contributed by atoms with E-state index in [9.17, 15) is 9.59 Å². The highest BCUT2D eigenvalue weighted by Crippen LogP contribution is 2.36.